The van der Waals surface area contributed by atoms with Gasteiger partial charge < -0.3 is 15.0 Å². The van der Waals surface area contributed by atoms with E-state index in [2.05, 4.69) is 10.1 Å². The quantitative estimate of drug-likeness (QED) is 0.942. The molecule has 1 aliphatic rings. The first kappa shape index (κ1) is 14.8. The molecule has 1 aromatic heterocycles. The van der Waals surface area contributed by atoms with Crippen molar-refractivity contribution in [1.29, 1.82) is 0 Å². The zero-order valence-electron chi connectivity index (χ0n) is 11.3. The maximum atomic E-state index is 5.92. The van der Waals surface area contributed by atoms with Crippen molar-refractivity contribution >= 4 is 12.4 Å². The van der Waals surface area contributed by atoms with Gasteiger partial charge in [-0.05, 0) is 31.4 Å². The molecule has 3 rings (SSSR count). The molecule has 2 aromatic rings. The van der Waals surface area contributed by atoms with Gasteiger partial charge >= 0.3 is 0 Å². The Hall–Kier alpha value is -1.59. The number of benzene rings is 1. The lowest BCUT2D eigenvalue weighted by Crippen LogP contribution is -2.14. The van der Waals surface area contributed by atoms with Gasteiger partial charge in [-0.25, -0.2) is 0 Å². The first-order valence-corrected chi connectivity index (χ1v) is 6.50. The molecule has 0 aliphatic heterocycles. The molecule has 5 nitrogen and oxygen atoms in total. The number of nitrogens with two attached hydrogens (primary N) is 1. The standard InChI is InChI=1S/C14H17N3O2.ClH/c1-18-12-5-3-2-4-11(12)13-16-14(19-17-13)9-6-7-10(15)8-9;/h2-5,9-10H,6-8,15H2,1H3;1H. The molecule has 2 atom stereocenters. The summed E-state index contributed by atoms with van der Waals surface area (Å²) in [6, 6.07) is 7.91. The van der Waals surface area contributed by atoms with Crippen LogP contribution in [0.1, 0.15) is 31.1 Å². The molecule has 20 heavy (non-hydrogen) atoms. The molecule has 0 saturated heterocycles. The van der Waals surface area contributed by atoms with Crippen molar-refractivity contribution in [2.45, 2.75) is 31.2 Å². The van der Waals surface area contributed by atoms with Gasteiger partial charge in [-0.15, -0.1) is 12.4 Å². The van der Waals surface area contributed by atoms with E-state index in [4.69, 9.17) is 15.0 Å². The van der Waals surface area contributed by atoms with Gasteiger partial charge in [-0.2, -0.15) is 4.98 Å². The van der Waals surface area contributed by atoms with E-state index in [0.717, 1.165) is 30.6 Å². The lowest BCUT2D eigenvalue weighted by Gasteiger charge is -2.03. The Balaban J connectivity index is 0.00000147. The Morgan fingerprint density at radius 1 is 1.30 bits per heavy atom. The van der Waals surface area contributed by atoms with E-state index in [1.807, 2.05) is 24.3 Å². The van der Waals surface area contributed by atoms with Gasteiger partial charge in [-0.1, -0.05) is 17.3 Å². The summed E-state index contributed by atoms with van der Waals surface area (Å²) < 4.78 is 10.7. The molecule has 108 valence electrons. The third-order valence-corrected chi connectivity index (χ3v) is 3.61. The summed E-state index contributed by atoms with van der Waals surface area (Å²) in [6.07, 6.45) is 2.97. The smallest absolute Gasteiger partial charge is 0.230 e. The fraction of sp³-hybridized carbons (Fsp3) is 0.429. The maximum absolute atomic E-state index is 5.92. The number of halogens is 1. The molecular weight excluding hydrogens is 278 g/mol. The zero-order chi connectivity index (χ0) is 13.2. The lowest BCUT2D eigenvalue weighted by molar-refractivity contribution is 0.353. The summed E-state index contributed by atoms with van der Waals surface area (Å²) in [5.41, 5.74) is 6.77. The second-order valence-corrected chi connectivity index (χ2v) is 4.93. The van der Waals surface area contributed by atoms with E-state index in [1.165, 1.54) is 0 Å². The molecule has 1 aromatic carbocycles. The van der Waals surface area contributed by atoms with Crippen molar-refractivity contribution in [2.24, 2.45) is 5.73 Å². The lowest BCUT2D eigenvalue weighted by atomic mass is 10.1. The van der Waals surface area contributed by atoms with E-state index in [-0.39, 0.29) is 18.4 Å². The monoisotopic (exact) mass is 295 g/mol. The van der Waals surface area contributed by atoms with E-state index < -0.39 is 0 Å². The minimum Gasteiger partial charge on any atom is -0.496 e. The number of methoxy groups -OCH3 is 1. The van der Waals surface area contributed by atoms with Crippen LogP contribution in [0.15, 0.2) is 28.8 Å². The largest absolute Gasteiger partial charge is 0.496 e. The van der Waals surface area contributed by atoms with Gasteiger partial charge in [0.15, 0.2) is 0 Å². The summed E-state index contributed by atoms with van der Waals surface area (Å²) in [5, 5.41) is 4.06. The van der Waals surface area contributed by atoms with Crippen LogP contribution in [0, 0.1) is 0 Å². The van der Waals surface area contributed by atoms with E-state index in [9.17, 15) is 0 Å². The van der Waals surface area contributed by atoms with Crippen molar-refractivity contribution in [3.05, 3.63) is 30.2 Å². The molecule has 0 spiro atoms. The van der Waals surface area contributed by atoms with Gasteiger partial charge in [0, 0.05) is 12.0 Å². The SMILES string of the molecule is COc1ccccc1-c1noc(C2CCC(N)C2)n1.Cl. The van der Waals surface area contributed by atoms with Crippen LogP contribution >= 0.6 is 12.4 Å². The van der Waals surface area contributed by atoms with Crippen LogP contribution in [-0.2, 0) is 0 Å². The Kier molecular flexibility index (Phi) is 4.62. The number of para-hydroxylation sites is 1. The summed E-state index contributed by atoms with van der Waals surface area (Å²) in [4.78, 5) is 4.49. The summed E-state index contributed by atoms with van der Waals surface area (Å²) in [5.74, 6) is 2.31. The zero-order valence-corrected chi connectivity index (χ0v) is 12.1. The van der Waals surface area contributed by atoms with Crippen LogP contribution in [0.2, 0.25) is 0 Å². The summed E-state index contributed by atoms with van der Waals surface area (Å²) in [7, 11) is 1.63. The van der Waals surface area contributed by atoms with Crippen molar-refractivity contribution in [1.82, 2.24) is 10.1 Å². The summed E-state index contributed by atoms with van der Waals surface area (Å²) >= 11 is 0. The third-order valence-electron chi connectivity index (χ3n) is 3.61. The van der Waals surface area contributed by atoms with Crippen LogP contribution in [0.3, 0.4) is 0 Å². The molecule has 0 amide bonds. The average molecular weight is 296 g/mol. The van der Waals surface area contributed by atoms with Crippen LogP contribution < -0.4 is 10.5 Å². The molecule has 2 N–H and O–H groups in total. The van der Waals surface area contributed by atoms with Crippen LogP contribution in [-0.4, -0.2) is 23.3 Å². The molecule has 2 unspecified atom stereocenters. The highest BCUT2D eigenvalue weighted by Crippen LogP contribution is 2.34. The minimum atomic E-state index is 0. The van der Waals surface area contributed by atoms with Crippen molar-refractivity contribution in [2.75, 3.05) is 7.11 Å². The normalized spacial score (nSPS) is 21.5. The molecule has 6 heteroatoms. The highest BCUT2D eigenvalue weighted by Gasteiger charge is 2.28. The Morgan fingerprint density at radius 2 is 2.10 bits per heavy atom. The van der Waals surface area contributed by atoms with Gasteiger partial charge in [0.1, 0.15) is 5.75 Å². The van der Waals surface area contributed by atoms with Crippen LogP contribution in [0.25, 0.3) is 11.4 Å². The summed E-state index contributed by atoms with van der Waals surface area (Å²) in [6.45, 7) is 0. The van der Waals surface area contributed by atoms with Crippen LogP contribution in [0.4, 0.5) is 0 Å². The van der Waals surface area contributed by atoms with Gasteiger partial charge in [0.2, 0.25) is 11.7 Å². The number of hydrogen-bond acceptors (Lipinski definition) is 5. The number of nitrogens with zero attached hydrogens (tertiary/aromatic N) is 2. The molecule has 1 aliphatic carbocycles. The van der Waals surface area contributed by atoms with Gasteiger partial charge in [0.25, 0.3) is 0 Å². The molecule has 1 heterocycles. The highest BCUT2D eigenvalue weighted by atomic mass is 35.5. The van der Waals surface area contributed by atoms with Gasteiger partial charge in [-0.3, -0.25) is 0 Å². The number of rotatable bonds is 3. The maximum Gasteiger partial charge on any atom is 0.230 e. The third kappa shape index (κ3) is 2.78. The molecule has 1 saturated carbocycles. The second kappa shape index (κ2) is 6.24. The predicted octanol–water partition coefficient (Wildman–Crippen LogP) is 2.76. The van der Waals surface area contributed by atoms with E-state index in [0.29, 0.717) is 17.6 Å². The van der Waals surface area contributed by atoms with E-state index in [1.54, 1.807) is 7.11 Å². The number of aromatic nitrogens is 2. The molecule has 0 radical (unpaired) electrons. The number of hydrogen-bond donors (Lipinski definition) is 1. The molecule has 1 fully saturated rings. The Labute approximate surface area is 123 Å². The predicted molar refractivity (Wildman–Crippen MR) is 78.1 cm³/mol. The highest BCUT2D eigenvalue weighted by molar-refractivity contribution is 5.85. The number of ether oxygens (including phenoxy) is 1. The van der Waals surface area contributed by atoms with Gasteiger partial charge in [0.05, 0.1) is 12.7 Å². The fourth-order valence-electron chi connectivity index (χ4n) is 2.58. The van der Waals surface area contributed by atoms with Crippen molar-refractivity contribution in [3.63, 3.8) is 0 Å². The fourth-order valence-corrected chi connectivity index (χ4v) is 2.58. The van der Waals surface area contributed by atoms with Crippen molar-refractivity contribution in [3.8, 4) is 17.1 Å². The second-order valence-electron chi connectivity index (χ2n) is 4.93. The first-order valence-electron chi connectivity index (χ1n) is 6.50. The Bertz CT molecular complexity index is 573. The molecular formula is C14H18ClN3O2. The molecule has 0 bridgehead atoms. The van der Waals surface area contributed by atoms with Crippen LogP contribution in [0.5, 0.6) is 5.75 Å². The van der Waals surface area contributed by atoms with Crippen molar-refractivity contribution < 1.29 is 9.26 Å². The first-order chi connectivity index (χ1) is 9.28. The minimum absolute atomic E-state index is 0. The van der Waals surface area contributed by atoms with E-state index >= 15 is 0 Å². The Morgan fingerprint density at radius 3 is 2.80 bits per heavy atom. The topological polar surface area (TPSA) is 74.2 Å². The average Bonchev–Trinajstić information content (AvgIpc) is 3.07.